The summed E-state index contributed by atoms with van der Waals surface area (Å²) in [7, 11) is -3.67. The van der Waals surface area contributed by atoms with Crippen molar-refractivity contribution in [2.24, 2.45) is 0 Å². The molecule has 1 aromatic carbocycles. The number of oxazole rings is 1. The molecule has 1 aromatic heterocycles. The average Bonchev–Trinajstić information content (AvgIpc) is 2.83. The summed E-state index contributed by atoms with van der Waals surface area (Å²) in [6.07, 6.45) is 2.56. The zero-order chi connectivity index (χ0) is 13.2. The van der Waals surface area contributed by atoms with E-state index in [4.69, 9.17) is 4.42 Å². The van der Waals surface area contributed by atoms with Crippen LogP contribution in [0.4, 0.5) is 4.39 Å². The first kappa shape index (κ1) is 12.7. The molecule has 0 aliphatic heterocycles. The van der Waals surface area contributed by atoms with Crippen molar-refractivity contribution in [3.05, 3.63) is 47.9 Å². The first-order valence-corrected chi connectivity index (χ1v) is 6.60. The topological polar surface area (TPSA) is 72.2 Å². The van der Waals surface area contributed by atoms with Crippen LogP contribution in [0.25, 0.3) is 0 Å². The van der Waals surface area contributed by atoms with Crippen LogP contribution in [-0.4, -0.2) is 13.4 Å². The maximum Gasteiger partial charge on any atom is 0.240 e. The summed E-state index contributed by atoms with van der Waals surface area (Å²) in [6, 6.07) is 3.62. The molecule has 5 nitrogen and oxygen atoms in total. The Hall–Kier alpha value is -1.73. The molecule has 7 heteroatoms. The molecule has 18 heavy (non-hydrogen) atoms. The Balaban J connectivity index is 2.17. The largest absolute Gasteiger partial charge is 0.451 e. The summed E-state index contributed by atoms with van der Waals surface area (Å²) in [4.78, 5) is 3.81. The SMILES string of the molecule is Cc1cc(S(=O)(=O)NCc2cocn2)ccc1F. The molecule has 0 fully saturated rings. The smallest absolute Gasteiger partial charge is 0.240 e. The standard InChI is InChI=1S/C11H11FN2O3S/c1-8-4-10(2-3-11(8)12)18(15,16)14-5-9-6-17-7-13-9/h2-4,6-7,14H,5H2,1H3. The van der Waals surface area contributed by atoms with Gasteiger partial charge in [0.15, 0.2) is 6.39 Å². The zero-order valence-electron chi connectivity index (χ0n) is 9.55. The first-order valence-electron chi connectivity index (χ1n) is 5.12. The van der Waals surface area contributed by atoms with Crippen molar-refractivity contribution in [1.82, 2.24) is 9.71 Å². The number of hydrogen-bond acceptors (Lipinski definition) is 4. The second kappa shape index (κ2) is 4.87. The Morgan fingerprint density at radius 2 is 2.22 bits per heavy atom. The Morgan fingerprint density at radius 1 is 1.44 bits per heavy atom. The van der Waals surface area contributed by atoms with Crippen molar-refractivity contribution in [2.75, 3.05) is 0 Å². The highest BCUT2D eigenvalue weighted by Crippen LogP contribution is 2.14. The summed E-state index contributed by atoms with van der Waals surface area (Å²) < 4.78 is 43.9. The lowest BCUT2D eigenvalue weighted by Crippen LogP contribution is -2.23. The monoisotopic (exact) mass is 270 g/mol. The third-order valence-corrected chi connectivity index (χ3v) is 3.77. The molecule has 2 aromatic rings. The van der Waals surface area contributed by atoms with Crippen molar-refractivity contribution in [3.8, 4) is 0 Å². The van der Waals surface area contributed by atoms with E-state index in [0.717, 1.165) is 6.07 Å². The van der Waals surface area contributed by atoms with Gasteiger partial charge < -0.3 is 4.42 Å². The molecule has 0 spiro atoms. The van der Waals surface area contributed by atoms with Crippen LogP contribution in [0.3, 0.4) is 0 Å². The summed E-state index contributed by atoms with van der Waals surface area (Å²) in [5.74, 6) is -0.439. The predicted molar refractivity (Wildman–Crippen MR) is 61.7 cm³/mol. The van der Waals surface area contributed by atoms with E-state index in [1.165, 1.54) is 31.7 Å². The Labute approximate surface area is 104 Å². The highest BCUT2D eigenvalue weighted by atomic mass is 32.2. The summed E-state index contributed by atoms with van der Waals surface area (Å²) in [5, 5.41) is 0. The second-order valence-electron chi connectivity index (χ2n) is 3.72. The third-order valence-electron chi connectivity index (χ3n) is 2.37. The van der Waals surface area contributed by atoms with E-state index < -0.39 is 15.8 Å². The summed E-state index contributed by atoms with van der Waals surface area (Å²) in [6.45, 7) is 1.53. The van der Waals surface area contributed by atoms with E-state index >= 15 is 0 Å². The van der Waals surface area contributed by atoms with Gasteiger partial charge in [-0.25, -0.2) is 22.5 Å². The van der Waals surface area contributed by atoms with Crippen LogP contribution in [0.15, 0.2) is 40.2 Å². The molecule has 0 saturated carbocycles. The van der Waals surface area contributed by atoms with Crippen LogP contribution in [0.1, 0.15) is 11.3 Å². The highest BCUT2D eigenvalue weighted by Gasteiger charge is 2.15. The molecule has 0 amide bonds. The van der Waals surface area contributed by atoms with Crippen molar-refractivity contribution in [3.63, 3.8) is 0 Å². The van der Waals surface area contributed by atoms with Crippen LogP contribution < -0.4 is 4.72 Å². The first-order chi connectivity index (χ1) is 8.49. The van der Waals surface area contributed by atoms with E-state index in [-0.39, 0.29) is 17.0 Å². The zero-order valence-corrected chi connectivity index (χ0v) is 10.4. The molecular formula is C11H11FN2O3S. The Kier molecular flexibility index (Phi) is 3.44. The van der Waals surface area contributed by atoms with Gasteiger partial charge in [0.2, 0.25) is 10.0 Å². The minimum atomic E-state index is -3.67. The van der Waals surface area contributed by atoms with Crippen molar-refractivity contribution in [2.45, 2.75) is 18.4 Å². The number of nitrogens with one attached hydrogen (secondary N) is 1. The maximum absolute atomic E-state index is 13.1. The minimum absolute atomic E-state index is 0.0184. The number of halogens is 1. The fraction of sp³-hybridized carbons (Fsp3) is 0.182. The molecule has 0 aliphatic rings. The molecule has 0 unspecified atom stereocenters. The van der Waals surface area contributed by atoms with Gasteiger partial charge in [-0.3, -0.25) is 0 Å². The molecule has 1 N–H and O–H groups in total. The lowest BCUT2D eigenvalue weighted by molar-refractivity contribution is 0.555. The molecule has 0 bridgehead atoms. The maximum atomic E-state index is 13.1. The quantitative estimate of drug-likeness (QED) is 0.916. The Bertz CT molecular complexity index is 638. The van der Waals surface area contributed by atoms with Crippen molar-refractivity contribution in [1.29, 1.82) is 0 Å². The summed E-state index contributed by atoms with van der Waals surface area (Å²) in [5.41, 5.74) is 0.747. The van der Waals surface area contributed by atoms with Gasteiger partial charge in [-0.2, -0.15) is 0 Å². The van der Waals surface area contributed by atoms with Gasteiger partial charge in [-0.05, 0) is 30.7 Å². The number of nitrogens with zero attached hydrogens (tertiary/aromatic N) is 1. The van der Waals surface area contributed by atoms with Gasteiger partial charge in [0.1, 0.15) is 12.1 Å². The molecular weight excluding hydrogens is 259 g/mol. The predicted octanol–water partition coefficient (Wildman–Crippen LogP) is 1.60. The van der Waals surface area contributed by atoms with Crippen LogP contribution in [-0.2, 0) is 16.6 Å². The van der Waals surface area contributed by atoms with Gasteiger partial charge in [0.05, 0.1) is 17.1 Å². The fourth-order valence-electron chi connectivity index (χ4n) is 1.36. The number of hydrogen-bond donors (Lipinski definition) is 1. The summed E-state index contributed by atoms with van der Waals surface area (Å²) >= 11 is 0. The lowest BCUT2D eigenvalue weighted by atomic mass is 10.2. The fourth-order valence-corrected chi connectivity index (χ4v) is 2.45. The van der Waals surface area contributed by atoms with Gasteiger partial charge in [0, 0.05) is 0 Å². The number of sulfonamides is 1. The van der Waals surface area contributed by atoms with E-state index in [0.29, 0.717) is 5.69 Å². The number of benzene rings is 1. The van der Waals surface area contributed by atoms with Crippen LogP contribution in [0.5, 0.6) is 0 Å². The van der Waals surface area contributed by atoms with Crippen LogP contribution in [0, 0.1) is 12.7 Å². The molecule has 0 radical (unpaired) electrons. The molecule has 96 valence electrons. The molecule has 0 aliphatic carbocycles. The van der Waals surface area contributed by atoms with E-state index in [9.17, 15) is 12.8 Å². The van der Waals surface area contributed by atoms with Crippen molar-refractivity contribution < 1.29 is 17.2 Å². The van der Waals surface area contributed by atoms with E-state index in [1.807, 2.05) is 0 Å². The van der Waals surface area contributed by atoms with Crippen molar-refractivity contribution >= 4 is 10.0 Å². The number of aromatic nitrogens is 1. The normalized spacial score (nSPS) is 11.7. The lowest BCUT2D eigenvalue weighted by Gasteiger charge is -2.06. The second-order valence-corrected chi connectivity index (χ2v) is 5.48. The third kappa shape index (κ3) is 2.74. The Morgan fingerprint density at radius 3 is 2.83 bits per heavy atom. The van der Waals surface area contributed by atoms with E-state index in [2.05, 4.69) is 9.71 Å². The number of rotatable bonds is 4. The van der Waals surface area contributed by atoms with Gasteiger partial charge in [0.25, 0.3) is 0 Å². The molecule has 2 rings (SSSR count). The van der Waals surface area contributed by atoms with Crippen LogP contribution in [0.2, 0.25) is 0 Å². The molecule has 1 heterocycles. The van der Waals surface area contributed by atoms with Crippen LogP contribution >= 0.6 is 0 Å². The highest BCUT2D eigenvalue weighted by molar-refractivity contribution is 7.89. The average molecular weight is 270 g/mol. The minimum Gasteiger partial charge on any atom is -0.451 e. The molecule has 0 saturated heterocycles. The van der Waals surface area contributed by atoms with Gasteiger partial charge in [-0.1, -0.05) is 0 Å². The molecule has 0 atom stereocenters. The number of aryl methyl sites for hydroxylation is 1. The van der Waals surface area contributed by atoms with Gasteiger partial charge in [-0.15, -0.1) is 0 Å². The van der Waals surface area contributed by atoms with E-state index in [1.54, 1.807) is 0 Å². The van der Waals surface area contributed by atoms with Gasteiger partial charge >= 0.3 is 0 Å².